The molecular weight excluding hydrogens is 464 g/mol. The van der Waals surface area contributed by atoms with Crippen molar-refractivity contribution in [2.24, 2.45) is 0 Å². The normalized spacial score (nSPS) is 12.4. The van der Waals surface area contributed by atoms with Crippen LogP contribution in [0.4, 0.5) is 10.8 Å². The maximum Gasteiger partial charge on any atom is 0.338 e. The molecule has 34 heavy (non-hydrogen) atoms. The van der Waals surface area contributed by atoms with Crippen molar-refractivity contribution in [2.45, 2.75) is 6.92 Å². The predicted molar refractivity (Wildman–Crippen MR) is 121 cm³/mol. The van der Waals surface area contributed by atoms with Gasteiger partial charge in [0.2, 0.25) is 5.13 Å². The highest BCUT2D eigenvalue weighted by molar-refractivity contribution is 7.15. The van der Waals surface area contributed by atoms with Gasteiger partial charge in [-0.05, 0) is 37.3 Å². The van der Waals surface area contributed by atoms with Gasteiger partial charge < -0.3 is 19.5 Å². The maximum atomic E-state index is 12.8. The minimum Gasteiger partial charge on any atom is -0.497 e. The van der Waals surface area contributed by atoms with Gasteiger partial charge in [-0.2, -0.15) is 0 Å². The summed E-state index contributed by atoms with van der Waals surface area (Å²) >= 11 is 1.10. The van der Waals surface area contributed by atoms with Crippen LogP contribution >= 0.6 is 11.3 Å². The molecule has 2 aromatic carbocycles. The number of hydrogen-bond acceptors (Lipinski definition) is 10. The van der Waals surface area contributed by atoms with Gasteiger partial charge in [0, 0.05) is 6.07 Å². The molecule has 4 rings (SSSR count). The third kappa shape index (κ3) is 4.30. The number of anilines is 2. The summed E-state index contributed by atoms with van der Waals surface area (Å²) in [5.74, 6) is -1.71. The molecule has 11 nitrogen and oxygen atoms in total. The molecule has 0 saturated heterocycles. The van der Waals surface area contributed by atoms with E-state index in [1.54, 1.807) is 25.1 Å². The van der Waals surface area contributed by atoms with Crippen LogP contribution in [0.2, 0.25) is 0 Å². The average Bonchev–Trinajstić information content (AvgIpc) is 3.37. The number of benzene rings is 2. The summed E-state index contributed by atoms with van der Waals surface area (Å²) in [4.78, 5) is 51.1. The molecule has 0 aliphatic carbocycles. The number of rotatable bonds is 7. The zero-order valence-electron chi connectivity index (χ0n) is 18.3. The van der Waals surface area contributed by atoms with Gasteiger partial charge in [0.1, 0.15) is 16.5 Å². The lowest BCUT2D eigenvalue weighted by atomic mass is 10.1. The second-order valence-corrected chi connectivity index (χ2v) is 8.16. The predicted octanol–water partition coefficient (Wildman–Crippen LogP) is 2.46. The zero-order chi connectivity index (χ0) is 24.4. The number of aryl methyl sites for hydroxylation is 1. The topological polar surface area (TPSA) is 137 Å². The Kier molecular flexibility index (Phi) is 6.23. The maximum absolute atomic E-state index is 12.8. The molecule has 0 unspecified atom stereocenters. The number of nitrogens with one attached hydrogen (secondary N) is 1. The van der Waals surface area contributed by atoms with Gasteiger partial charge in [-0.15, -0.1) is 10.2 Å². The lowest BCUT2D eigenvalue weighted by Gasteiger charge is -2.12. The highest BCUT2D eigenvalue weighted by Crippen LogP contribution is 2.31. The summed E-state index contributed by atoms with van der Waals surface area (Å²) in [6, 6.07) is 8.82. The van der Waals surface area contributed by atoms with E-state index in [0.717, 1.165) is 16.2 Å². The third-order valence-corrected chi connectivity index (χ3v) is 5.67. The fourth-order valence-electron chi connectivity index (χ4n) is 3.23. The summed E-state index contributed by atoms with van der Waals surface area (Å²) in [5, 5.41) is 11.0. The van der Waals surface area contributed by atoms with E-state index < -0.39 is 30.3 Å². The molecule has 12 heteroatoms. The van der Waals surface area contributed by atoms with Crippen molar-refractivity contribution in [3.63, 3.8) is 0 Å². The largest absolute Gasteiger partial charge is 0.497 e. The molecule has 174 valence electrons. The second-order valence-electron chi connectivity index (χ2n) is 7.00. The molecule has 0 bridgehead atoms. The SMILES string of the molecule is COc1ccc(OC)c(NC(=O)COC(=O)c2ccc3c(c2)C(=O)N(c2nnc(C)s2)C3=O)c1. The number of hydrogen-bond donors (Lipinski definition) is 1. The first-order chi connectivity index (χ1) is 16.3. The zero-order valence-corrected chi connectivity index (χ0v) is 19.1. The van der Waals surface area contributed by atoms with E-state index in [9.17, 15) is 19.2 Å². The Bertz CT molecular complexity index is 1320. The van der Waals surface area contributed by atoms with Gasteiger partial charge in [0.05, 0.1) is 36.6 Å². The molecule has 3 aromatic rings. The molecule has 0 saturated carbocycles. The van der Waals surface area contributed by atoms with Crippen LogP contribution in [0, 0.1) is 6.92 Å². The number of imide groups is 1. The first kappa shape index (κ1) is 22.9. The van der Waals surface area contributed by atoms with Crippen LogP contribution in [0.15, 0.2) is 36.4 Å². The van der Waals surface area contributed by atoms with Crippen molar-refractivity contribution >= 4 is 45.8 Å². The van der Waals surface area contributed by atoms with Crippen molar-refractivity contribution in [3.05, 3.63) is 58.1 Å². The molecule has 1 aliphatic rings. The molecule has 3 amide bonds. The van der Waals surface area contributed by atoms with E-state index in [2.05, 4.69) is 15.5 Å². The Morgan fingerprint density at radius 2 is 1.76 bits per heavy atom. The first-order valence-electron chi connectivity index (χ1n) is 9.84. The fourth-order valence-corrected chi connectivity index (χ4v) is 3.92. The van der Waals surface area contributed by atoms with Crippen molar-refractivity contribution < 1.29 is 33.4 Å². The van der Waals surface area contributed by atoms with Crippen molar-refractivity contribution in [1.29, 1.82) is 0 Å². The van der Waals surface area contributed by atoms with Gasteiger partial charge in [-0.3, -0.25) is 14.4 Å². The van der Waals surface area contributed by atoms with Gasteiger partial charge >= 0.3 is 5.97 Å². The lowest BCUT2D eigenvalue weighted by Crippen LogP contribution is -2.29. The Hall–Kier alpha value is -4.32. The molecule has 0 fully saturated rings. The Morgan fingerprint density at radius 1 is 1.00 bits per heavy atom. The van der Waals surface area contributed by atoms with E-state index in [-0.39, 0.29) is 21.8 Å². The van der Waals surface area contributed by atoms with Crippen LogP contribution in [0.25, 0.3) is 0 Å². The first-order valence-corrected chi connectivity index (χ1v) is 10.7. The number of methoxy groups -OCH3 is 2. The second kappa shape index (κ2) is 9.27. The molecule has 2 heterocycles. The van der Waals surface area contributed by atoms with E-state index in [0.29, 0.717) is 22.2 Å². The summed E-state index contributed by atoms with van der Waals surface area (Å²) in [7, 11) is 2.93. The monoisotopic (exact) mass is 482 g/mol. The highest BCUT2D eigenvalue weighted by atomic mass is 32.1. The number of nitrogens with zero attached hydrogens (tertiary/aromatic N) is 3. The van der Waals surface area contributed by atoms with Crippen LogP contribution in [-0.4, -0.2) is 54.7 Å². The summed E-state index contributed by atoms with van der Waals surface area (Å²) in [6.45, 7) is 1.12. The lowest BCUT2D eigenvalue weighted by molar-refractivity contribution is -0.119. The van der Waals surface area contributed by atoms with Gasteiger partial charge in [0.15, 0.2) is 6.61 Å². The molecule has 0 atom stereocenters. The van der Waals surface area contributed by atoms with Crippen LogP contribution < -0.4 is 19.7 Å². The van der Waals surface area contributed by atoms with Crippen molar-refractivity contribution in [2.75, 3.05) is 31.0 Å². The number of fused-ring (bicyclic) bond motifs is 1. The molecule has 1 N–H and O–H groups in total. The standard InChI is InChI=1S/C22H18N4O7S/c1-11-24-25-22(34-11)26-19(28)14-6-4-12(8-15(14)20(26)29)21(30)33-10-18(27)23-16-9-13(31-2)5-7-17(16)32-3/h4-9H,10H2,1-3H3,(H,23,27). The van der Waals surface area contributed by atoms with E-state index >= 15 is 0 Å². The quantitative estimate of drug-likeness (QED) is 0.398. The van der Waals surface area contributed by atoms with E-state index in [1.807, 2.05) is 0 Å². The number of esters is 1. The van der Waals surface area contributed by atoms with Crippen LogP contribution in [0.5, 0.6) is 11.5 Å². The minimum atomic E-state index is -0.832. The number of carbonyl (C=O) groups excluding carboxylic acids is 4. The number of aromatic nitrogens is 2. The van der Waals surface area contributed by atoms with Crippen molar-refractivity contribution in [1.82, 2.24) is 10.2 Å². The Morgan fingerprint density at radius 3 is 2.44 bits per heavy atom. The average molecular weight is 482 g/mol. The fraction of sp³-hybridized carbons (Fsp3) is 0.182. The summed E-state index contributed by atoms with van der Waals surface area (Å²) in [6.07, 6.45) is 0. The van der Waals surface area contributed by atoms with Crippen LogP contribution in [-0.2, 0) is 9.53 Å². The number of carbonyl (C=O) groups is 4. The molecular formula is C22H18N4O7S. The van der Waals surface area contributed by atoms with E-state index in [1.165, 1.54) is 32.4 Å². The van der Waals surface area contributed by atoms with Crippen LogP contribution in [0.1, 0.15) is 36.1 Å². The van der Waals surface area contributed by atoms with Gasteiger partial charge in [-0.1, -0.05) is 11.3 Å². The Balaban J connectivity index is 1.44. The number of amides is 3. The third-order valence-electron chi connectivity index (χ3n) is 4.84. The highest BCUT2D eigenvalue weighted by Gasteiger charge is 2.39. The van der Waals surface area contributed by atoms with Crippen molar-refractivity contribution in [3.8, 4) is 11.5 Å². The summed E-state index contributed by atoms with van der Waals surface area (Å²) in [5.41, 5.74) is 0.536. The smallest absolute Gasteiger partial charge is 0.338 e. The molecule has 0 spiro atoms. The minimum absolute atomic E-state index is 0.0157. The molecule has 1 aliphatic heterocycles. The number of ether oxygens (including phenoxy) is 3. The van der Waals surface area contributed by atoms with Gasteiger partial charge in [-0.25, -0.2) is 9.69 Å². The molecule has 0 radical (unpaired) electrons. The summed E-state index contributed by atoms with van der Waals surface area (Å²) < 4.78 is 15.4. The van der Waals surface area contributed by atoms with E-state index in [4.69, 9.17) is 14.2 Å². The Labute approximate surface area is 197 Å². The molecule has 1 aromatic heterocycles. The van der Waals surface area contributed by atoms with Gasteiger partial charge in [0.25, 0.3) is 17.7 Å². The van der Waals surface area contributed by atoms with Crippen LogP contribution in [0.3, 0.4) is 0 Å².